The number of nitrogens with zero attached hydrogens (tertiary/aromatic N) is 4. The second-order valence-corrected chi connectivity index (χ2v) is 17.3. The van der Waals surface area contributed by atoms with Crippen molar-refractivity contribution in [3.05, 3.63) is 170 Å². The summed E-state index contributed by atoms with van der Waals surface area (Å²) in [6.45, 7) is 0. The first kappa shape index (κ1) is 31.0. The molecule has 0 N–H and O–H groups in total. The first-order chi connectivity index (χ1) is 28.8. The average Bonchev–Trinajstić information content (AvgIpc) is 4.01. The molecule has 0 bridgehead atoms. The van der Waals surface area contributed by atoms with Crippen molar-refractivity contribution in [3.63, 3.8) is 0 Å². The Morgan fingerprint density at radius 1 is 0.397 bits per heavy atom. The standard InChI is InChI=1S/C52H28N4S2/c1-2-17-32-29(14-1)30-15-3-8-22-38(30)55-39-23-9-4-16-31(39)37-28-41-46(47(32)50(37)55)33-18-5-10-24-40(33)56(41)51-48(54-52-49(53-51)35-20-7-12-26-43(35)58-52)36-21-13-27-44-45(36)34-19-6-11-25-42(34)57-44/h1-28H. The first-order valence-electron chi connectivity index (χ1n) is 19.6. The lowest BCUT2D eigenvalue weighted by molar-refractivity contribution is 1.09. The Morgan fingerprint density at radius 3 is 1.86 bits per heavy atom. The number of para-hydroxylation sites is 3. The van der Waals surface area contributed by atoms with Crippen molar-refractivity contribution < 1.29 is 0 Å². The van der Waals surface area contributed by atoms with Crippen LogP contribution in [0.5, 0.6) is 0 Å². The molecule has 268 valence electrons. The second kappa shape index (κ2) is 11.3. The molecule has 6 heterocycles. The van der Waals surface area contributed by atoms with E-state index < -0.39 is 0 Å². The van der Waals surface area contributed by atoms with Crippen molar-refractivity contribution in [1.29, 1.82) is 0 Å². The molecule has 8 aromatic carbocycles. The van der Waals surface area contributed by atoms with Crippen molar-refractivity contribution >= 4 is 107 Å². The van der Waals surface area contributed by atoms with Crippen LogP contribution >= 0.6 is 22.7 Å². The fraction of sp³-hybridized carbons (Fsp3) is 0. The molecule has 4 nitrogen and oxygen atoms in total. The highest BCUT2D eigenvalue weighted by Crippen LogP contribution is 2.52. The number of aromatic nitrogens is 4. The van der Waals surface area contributed by atoms with E-state index in [9.17, 15) is 0 Å². The minimum Gasteiger partial charge on any atom is -0.308 e. The maximum absolute atomic E-state index is 5.78. The van der Waals surface area contributed by atoms with E-state index in [0.29, 0.717) is 0 Å². The summed E-state index contributed by atoms with van der Waals surface area (Å²) in [5, 5.41) is 8.46. The summed E-state index contributed by atoms with van der Waals surface area (Å²) < 4.78 is 8.64. The monoisotopic (exact) mass is 772 g/mol. The van der Waals surface area contributed by atoms with Gasteiger partial charge in [-0.1, -0.05) is 127 Å². The Labute approximate surface area is 339 Å². The summed E-state index contributed by atoms with van der Waals surface area (Å²) in [5.74, 6) is 0.838. The van der Waals surface area contributed by atoms with Gasteiger partial charge in [-0.2, -0.15) is 0 Å². The minimum absolute atomic E-state index is 0.838. The smallest absolute Gasteiger partial charge is 0.165 e. The molecule has 0 spiro atoms. The van der Waals surface area contributed by atoms with Crippen molar-refractivity contribution in [3.8, 4) is 45.0 Å². The number of thiophene rings is 2. The van der Waals surface area contributed by atoms with Crippen LogP contribution in [0, 0.1) is 0 Å². The molecular weight excluding hydrogens is 745 g/mol. The van der Waals surface area contributed by atoms with E-state index in [0.717, 1.165) is 43.8 Å². The first-order valence-corrected chi connectivity index (χ1v) is 21.2. The van der Waals surface area contributed by atoms with Gasteiger partial charge in [-0.3, -0.25) is 4.57 Å². The lowest BCUT2D eigenvalue weighted by Gasteiger charge is -2.15. The third-order valence-electron chi connectivity index (χ3n) is 12.3. The van der Waals surface area contributed by atoms with Crippen LogP contribution in [0.25, 0.3) is 129 Å². The normalized spacial score (nSPS) is 12.5. The van der Waals surface area contributed by atoms with Gasteiger partial charge in [-0.05, 0) is 53.6 Å². The van der Waals surface area contributed by atoms with Gasteiger partial charge in [0.1, 0.15) is 16.0 Å². The molecule has 1 aliphatic heterocycles. The number of fused-ring (bicyclic) bond motifs is 18. The van der Waals surface area contributed by atoms with E-state index >= 15 is 0 Å². The number of hydrogen-bond donors (Lipinski definition) is 0. The summed E-state index contributed by atoms with van der Waals surface area (Å²) in [7, 11) is 0. The third-order valence-corrected chi connectivity index (χ3v) is 14.5. The van der Waals surface area contributed by atoms with Gasteiger partial charge in [0.25, 0.3) is 0 Å². The number of benzene rings is 8. The van der Waals surface area contributed by atoms with E-state index in [1.165, 1.54) is 85.4 Å². The highest BCUT2D eigenvalue weighted by Gasteiger charge is 2.30. The lowest BCUT2D eigenvalue weighted by Crippen LogP contribution is -2.03. The Morgan fingerprint density at radius 2 is 1.02 bits per heavy atom. The Hall–Kier alpha value is -7.12. The van der Waals surface area contributed by atoms with Crippen molar-refractivity contribution in [2.45, 2.75) is 0 Å². The van der Waals surface area contributed by atoms with Gasteiger partial charge in [0.15, 0.2) is 5.82 Å². The molecule has 6 heteroatoms. The van der Waals surface area contributed by atoms with E-state index in [1.54, 1.807) is 11.3 Å². The summed E-state index contributed by atoms with van der Waals surface area (Å²) in [6, 6.07) is 62.1. The van der Waals surface area contributed by atoms with Gasteiger partial charge in [0.05, 0.1) is 27.8 Å². The SMILES string of the molecule is c1ccc2c(c1)-c1ccccc1-n1c3ccccc3c3cc4c(c-2c31)c1ccccc1n4-c1nc2c(nc1-c1cccc3sc4ccccc4c13)sc1ccccc12. The maximum atomic E-state index is 5.78. The van der Waals surface area contributed by atoms with Crippen LogP contribution in [-0.2, 0) is 0 Å². The predicted molar refractivity (Wildman–Crippen MR) is 246 cm³/mol. The molecule has 1 aliphatic rings. The van der Waals surface area contributed by atoms with E-state index in [1.807, 2.05) is 11.3 Å². The zero-order valence-electron chi connectivity index (χ0n) is 30.8. The van der Waals surface area contributed by atoms with Crippen LogP contribution in [0.3, 0.4) is 0 Å². The van der Waals surface area contributed by atoms with Gasteiger partial charge in [-0.15, -0.1) is 22.7 Å². The number of rotatable bonds is 2. The largest absolute Gasteiger partial charge is 0.308 e. The molecule has 0 amide bonds. The maximum Gasteiger partial charge on any atom is 0.165 e. The Bertz CT molecular complexity index is 3930. The van der Waals surface area contributed by atoms with E-state index in [2.05, 4.69) is 179 Å². The Balaban J connectivity index is 1.22. The topological polar surface area (TPSA) is 35.6 Å². The molecule has 0 fully saturated rings. The van der Waals surface area contributed by atoms with Gasteiger partial charge in [-0.25, -0.2) is 9.97 Å². The van der Waals surface area contributed by atoms with E-state index in [4.69, 9.17) is 9.97 Å². The average molecular weight is 773 g/mol. The predicted octanol–water partition coefficient (Wildman–Crippen LogP) is 14.7. The van der Waals surface area contributed by atoms with Gasteiger partial charge < -0.3 is 4.57 Å². The van der Waals surface area contributed by atoms with E-state index in [-0.39, 0.29) is 0 Å². The molecule has 13 aromatic rings. The highest BCUT2D eigenvalue weighted by atomic mass is 32.1. The fourth-order valence-corrected chi connectivity index (χ4v) is 12.1. The molecule has 0 saturated carbocycles. The zero-order valence-corrected chi connectivity index (χ0v) is 32.4. The second-order valence-electron chi connectivity index (χ2n) is 15.2. The molecule has 14 rings (SSSR count). The van der Waals surface area contributed by atoms with Crippen LogP contribution in [0.4, 0.5) is 0 Å². The summed E-state index contributed by atoms with van der Waals surface area (Å²) in [6.07, 6.45) is 0. The van der Waals surface area contributed by atoms with Crippen molar-refractivity contribution in [2.24, 2.45) is 0 Å². The summed E-state index contributed by atoms with van der Waals surface area (Å²) >= 11 is 3.56. The Kier molecular flexibility index (Phi) is 6.02. The molecular formula is C52H28N4S2. The highest BCUT2D eigenvalue weighted by molar-refractivity contribution is 7.26. The molecule has 5 aromatic heterocycles. The molecule has 0 aliphatic carbocycles. The van der Waals surface area contributed by atoms with Crippen molar-refractivity contribution in [2.75, 3.05) is 0 Å². The molecule has 0 saturated heterocycles. The molecule has 0 radical (unpaired) electrons. The molecule has 0 atom stereocenters. The zero-order chi connectivity index (χ0) is 37.6. The van der Waals surface area contributed by atoms with Crippen LogP contribution in [0.1, 0.15) is 0 Å². The fourth-order valence-electron chi connectivity index (χ4n) is 9.97. The minimum atomic E-state index is 0.838. The van der Waals surface area contributed by atoms with Gasteiger partial charge in [0.2, 0.25) is 0 Å². The van der Waals surface area contributed by atoms with Crippen LogP contribution < -0.4 is 0 Å². The van der Waals surface area contributed by atoms with Gasteiger partial charge in [0, 0.05) is 68.5 Å². The van der Waals surface area contributed by atoms with Crippen LogP contribution in [0.2, 0.25) is 0 Å². The lowest BCUT2D eigenvalue weighted by atomic mass is 9.91. The molecule has 58 heavy (non-hydrogen) atoms. The third kappa shape index (κ3) is 3.93. The summed E-state index contributed by atoms with van der Waals surface area (Å²) in [4.78, 5) is 12.4. The molecule has 0 unspecified atom stereocenters. The van der Waals surface area contributed by atoms with Gasteiger partial charge >= 0.3 is 0 Å². The number of hydrogen-bond acceptors (Lipinski definition) is 4. The quantitative estimate of drug-likeness (QED) is 0.175. The van der Waals surface area contributed by atoms with Crippen molar-refractivity contribution in [1.82, 2.24) is 19.1 Å². The van der Waals surface area contributed by atoms with Crippen LogP contribution in [-0.4, -0.2) is 19.1 Å². The summed E-state index contributed by atoms with van der Waals surface area (Å²) in [5.41, 5.74) is 13.7. The van der Waals surface area contributed by atoms with Crippen LogP contribution in [0.15, 0.2) is 170 Å².